The molecule has 2 heteroatoms. The lowest BCUT2D eigenvalue weighted by atomic mass is 10.0. The molecule has 96 valence electrons. The lowest BCUT2D eigenvalue weighted by Crippen LogP contribution is -2.14. The van der Waals surface area contributed by atoms with E-state index in [1.807, 2.05) is 0 Å². The van der Waals surface area contributed by atoms with Gasteiger partial charge in [-0.2, -0.15) is 0 Å². The lowest BCUT2D eigenvalue weighted by molar-refractivity contribution is 0.676. The van der Waals surface area contributed by atoms with Crippen LogP contribution < -0.4 is 5.32 Å². The molecule has 0 radical (unpaired) electrons. The van der Waals surface area contributed by atoms with Crippen LogP contribution in [0.2, 0.25) is 0 Å². The van der Waals surface area contributed by atoms with Gasteiger partial charge in [0.15, 0.2) is 0 Å². The van der Waals surface area contributed by atoms with Crippen LogP contribution in [0, 0.1) is 0 Å². The Morgan fingerprint density at radius 1 is 1.22 bits per heavy atom. The monoisotopic (exact) mass is 242 g/mol. The first-order valence-electron chi connectivity index (χ1n) is 6.81. The predicted octanol–water partition coefficient (Wildman–Crippen LogP) is 3.86. The highest BCUT2D eigenvalue weighted by molar-refractivity contribution is 5.82. The third-order valence-electron chi connectivity index (χ3n) is 3.16. The highest BCUT2D eigenvalue weighted by Crippen LogP contribution is 2.22. The number of nitrogens with one attached hydrogen (secondary N) is 1. The molecule has 2 rings (SSSR count). The Labute approximate surface area is 109 Å². The summed E-state index contributed by atoms with van der Waals surface area (Å²) in [6, 6.07) is 10.7. The minimum Gasteiger partial charge on any atom is -0.313 e. The number of benzene rings is 1. The molecular formula is C16H22N2. The van der Waals surface area contributed by atoms with Crippen LogP contribution in [0.4, 0.5) is 0 Å². The molecule has 0 saturated heterocycles. The molecular weight excluding hydrogens is 220 g/mol. The Hall–Kier alpha value is -1.41. The van der Waals surface area contributed by atoms with Gasteiger partial charge < -0.3 is 5.32 Å². The molecule has 1 aromatic carbocycles. The molecule has 2 nitrogen and oxygen atoms in total. The highest BCUT2D eigenvalue weighted by Gasteiger charge is 2.07. The Morgan fingerprint density at radius 2 is 2.00 bits per heavy atom. The van der Waals surface area contributed by atoms with E-state index in [-0.39, 0.29) is 0 Å². The van der Waals surface area contributed by atoms with Crippen LogP contribution in [-0.2, 0) is 6.54 Å². The first kappa shape index (κ1) is 13.0. The topological polar surface area (TPSA) is 24.9 Å². The van der Waals surface area contributed by atoms with Crippen molar-refractivity contribution in [2.45, 2.75) is 39.7 Å². The largest absolute Gasteiger partial charge is 0.313 e. The fraction of sp³-hybridized carbons (Fsp3) is 0.438. The van der Waals surface area contributed by atoms with Crippen LogP contribution >= 0.6 is 0 Å². The van der Waals surface area contributed by atoms with Crippen molar-refractivity contribution in [1.29, 1.82) is 0 Å². The summed E-state index contributed by atoms with van der Waals surface area (Å²) in [5.41, 5.74) is 3.65. The number of pyridine rings is 1. The predicted molar refractivity (Wildman–Crippen MR) is 77.8 cm³/mol. The number of para-hydroxylation sites is 1. The maximum absolute atomic E-state index is 4.74. The van der Waals surface area contributed by atoms with Crippen molar-refractivity contribution in [2.24, 2.45) is 0 Å². The molecule has 0 aliphatic rings. The van der Waals surface area contributed by atoms with Crippen molar-refractivity contribution in [2.75, 3.05) is 6.54 Å². The van der Waals surface area contributed by atoms with E-state index in [1.54, 1.807) is 0 Å². The number of hydrogen-bond acceptors (Lipinski definition) is 2. The summed E-state index contributed by atoms with van der Waals surface area (Å²) in [5, 5.41) is 4.75. The summed E-state index contributed by atoms with van der Waals surface area (Å²) in [7, 11) is 0. The SMILES string of the molecule is CCCNCc1cc(C(C)C)nc2ccccc12. The average molecular weight is 242 g/mol. The van der Waals surface area contributed by atoms with Crippen molar-refractivity contribution < 1.29 is 0 Å². The highest BCUT2D eigenvalue weighted by atomic mass is 14.8. The Kier molecular flexibility index (Phi) is 4.32. The van der Waals surface area contributed by atoms with Crippen LogP contribution in [0.25, 0.3) is 10.9 Å². The standard InChI is InChI=1S/C16H22N2/c1-4-9-17-11-13-10-16(12(2)3)18-15-8-6-5-7-14(13)15/h5-8,10,12,17H,4,9,11H2,1-3H3. The fourth-order valence-electron chi connectivity index (χ4n) is 2.11. The second-order valence-electron chi connectivity index (χ2n) is 5.05. The van der Waals surface area contributed by atoms with Gasteiger partial charge in [0, 0.05) is 17.6 Å². The van der Waals surface area contributed by atoms with Gasteiger partial charge in [0.1, 0.15) is 0 Å². The smallest absolute Gasteiger partial charge is 0.0708 e. The number of aromatic nitrogens is 1. The molecule has 0 amide bonds. The van der Waals surface area contributed by atoms with Gasteiger partial charge in [-0.05, 0) is 36.6 Å². The second kappa shape index (κ2) is 5.96. The maximum atomic E-state index is 4.74. The average Bonchev–Trinajstić information content (AvgIpc) is 2.38. The molecule has 1 N–H and O–H groups in total. The Morgan fingerprint density at radius 3 is 2.72 bits per heavy atom. The van der Waals surface area contributed by atoms with E-state index in [4.69, 9.17) is 4.98 Å². The zero-order valence-corrected chi connectivity index (χ0v) is 11.5. The Balaban J connectivity index is 2.40. The van der Waals surface area contributed by atoms with Gasteiger partial charge in [-0.1, -0.05) is 39.0 Å². The van der Waals surface area contributed by atoms with Gasteiger partial charge in [0.05, 0.1) is 5.52 Å². The van der Waals surface area contributed by atoms with Gasteiger partial charge in [0.2, 0.25) is 0 Å². The van der Waals surface area contributed by atoms with Gasteiger partial charge in [-0.15, -0.1) is 0 Å². The molecule has 0 fully saturated rings. The summed E-state index contributed by atoms with van der Waals surface area (Å²) in [6.45, 7) is 8.57. The zero-order valence-electron chi connectivity index (χ0n) is 11.5. The molecule has 0 bridgehead atoms. The summed E-state index contributed by atoms with van der Waals surface area (Å²) < 4.78 is 0. The molecule has 0 aliphatic heterocycles. The Bertz CT molecular complexity index is 517. The minimum absolute atomic E-state index is 0.472. The summed E-state index contributed by atoms with van der Waals surface area (Å²) >= 11 is 0. The van der Waals surface area contributed by atoms with E-state index < -0.39 is 0 Å². The van der Waals surface area contributed by atoms with Crippen molar-refractivity contribution >= 4 is 10.9 Å². The first-order valence-corrected chi connectivity index (χ1v) is 6.81. The molecule has 0 unspecified atom stereocenters. The van der Waals surface area contributed by atoms with Crippen molar-refractivity contribution in [3.8, 4) is 0 Å². The summed E-state index contributed by atoms with van der Waals surface area (Å²) in [5.74, 6) is 0.472. The molecule has 18 heavy (non-hydrogen) atoms. The van der Waals surface area contributed by atoms with Crippen molar-refractivity contribution in [1.82, 2.24) is 10.3 Å². The van der Waals surface area contributed by atoms with E-state index in [2.05, 4.69) is 56.4 Å². The van der Waals surface area contributed by atoms with Gasteiger partial charge >= 0.3 is 0 Å². The first-order chi connectivity index (χ1) is 8.72. The van der Waals surface area contributed by atoms with Crippen molar-refractivity contribution in [3.05, 3.63) is 41.6 Å². The van der Waals surface area contributed by atoms with Crippen molar-refractivity contribution in [3.63, 3.8) is 0 Å². The van der Waals surface area contributed by atoms with Crippen LogP contribution in [0.5, 0.6) is 0 Å². The zero-order chi connectivity index (χ0) is 13.0. The number of fused-ring (bicyclic) bond motifs is 1. The van der Waals surface area contributed by atoms with Gasteiger partial charge in [-0.3, -0.25) is 4.98 Å². The maximum Gasteiger partial charge on any atom is 0.0708 e. The van der Waals surface area contributed by atoms with E-state index in [1.165, 1.54) is 23.1 Å². The molecule has 0 aliphatic carbocycles. The molecule has 0 atom stereocenters. The van der Waals surface area contributed by atoms with Crippen LogP contribution in [0.15, 0.2) is 30.3 Å². The third kappa shape index (κ3) is 2.88. The summed E-state index contributed by atoms with van der Waals surface area (Å²) in [6.07, 6.45) is 1.17. The quantitative estimate of drug-likeness (QED) is 0.805. The second-order valence-corrected chi connectivity index (χ2v) is 5.05. The molecule has 1 aromatic heterocycles. The third-order valence-corrected chi connectivity index (χ3v) is 3.16. The molecule has 0 saturated carbocycles. The van der Waals surface area contributed by atoms with E-state index >= 15 is 0 Å². The lowest BCUT2D eigenvalue weighted by Gasteiger charge is -2.12. The molecule has 1 heterocycles. The van der Waals surface area contributed by atoms with Gasteiger partial charge in [-0.25, -0.2) is 0 Å². The minimum atomic E-state index is 0.472. The number of rotatable bonds is 5. The van der Waals surface area contributed by atoms with Crippen LogP contribution in [-0.4, -0.2) is 11.5 Å². The number of hydrogen-bond donors (Lipinski definition) is 1. The molecule has 2 aromatic rings. The fourth-order valence-corrected chi connectivity index (χ4v) is 2.11. The normalized spacial score (nSPS) is 11.3. The van der Waals surface area contributed by atoms with E-state index in [0.717, 1.165) is 18.6 Å². The molecule has 0 spiro atoms. The van der Waals surface area contributed by atoms with Gasteiger partial charge in [0.25, 0.3) is 0 Å². The summed E-state index contributed by atoms with van der Waals surface area (Å²) in [4.78, 5) is 4.74. The van der Waals surface area contributed by atoms with Crippen LogP contribution in [0.1, 0.15) is 44.4 Å². The number of nitrogens with zero attached hydrogens (tertiary/aromatic N) is 1. The van der Waals surface area contributed by atoms with Crippen LogP contribution in [0.3, 0.4) is 0 Å². The van der Waals surface area contributed by atoms with E-state index in [9.17, 15) is 0 Å². The van der Waals surface area contributed by atoms with E-state index in [0.29, 0.717) is 5.92 Å².